The normalized spacial score (nSPS) is 11.2. The van der Waals surface area contributed by atoms with Crippen molar-refractivity contribution in [2.24, 2.45) is 0 Å². The van der Waals surface area contributed by atoms with E-state index in [2.05, 4.69) is 0 Å². The minimum atomic E-state index is -0.507. The molecule has 0 saturated heterocycles. The summed E-state index contributed by atoms with van der Waals surface area (Å²) >= 11 is 0. The molecule has 0 spiro atoms. The van der Waals surface area contributed by atoms with Crippen LogP contribution in [0.2, 0.25) is 0 Å². The third-order valence-electron chi connectivity index (χ3n) is 4.03. The number of benzene rings is 2. The molecule has 0 aliphatic carbocycles. The number of rotatable bonds is 8. The summed E-state index contributed by atoms with van der Waals surface area (Å²) in [4.78, 5) is 23.4. The minimum Gasteiger partial charge on any atom is -0.463 e. The molecule has 0 bridgehead atoms. The van der Waals surface area contributed by atoms with E-state index in [1.807, 2.05) is 0 Å². The van der Waals surface area contributed by atoms with E-state index in [-0.39, 0.29) is 25.6 Å². The molecule has 6 heteroatoms. The topological polar surface area (TPSA) is 72.8 Å². The fourth-order valence-electron chi connectivity index (χ4n) is 2.70. The monoisotopic (exact) mass is 398 g/mol. The molecule has 2 aromatic rings. The van der Waals surface area contributed by atoms with Crippen molar-refractivity contribution in [3.8, 4) is 11.1 Å². The van der Waals surface area contributed by atoms with E-state index in [1.165, 1.54) is 36.4 Å². The number of aliphatic hydroxyl groups excluding tert-OH is 1. The van der Waals surface area contributed by atoms with E-state index in [0.717, 1.165) is 11.1 Å². The Bertz CT molecular complexity index is 864. The van der Waals surface area contributed by atoms with Gasteiger partial charge in [-0.15, -0.1) is 0 Å². The van der Waals surface area contributed by atoms with Gasteiger partial charge >= 0.3 is 11.9 Å². The predicted octanol–water partition coefficient (Wildman–Crippen LogP) is 4.14. The maximum atomic E-state index is 13.3. The fourth-order valence-corrected chi connectivity index (χ4v) is 2.70. The van der Waals surface area contributed by atoms with Crippen molar-refractivity contribution in [1.82, 2.24) is 0 Å². The SMILES string of the molecule is CCOC(=O)/C=C/c1cc(-c2ccc(F)cc2)cc(/C=C/C(=O)OCC)c1CO. The number of carbonyl (C=O) groups is 2. The van der Waals surface area contributed by atoms with Crippen molar-refractivity contribution in [3.63, 3.8) is 0 Å². The van der Waals surface area contributed by atoms with E-state index < -0.39 is 11.9 Å². The van der Waals surface area contributed by atoms with Crippen molar-refractivity contribution >= 4 is 24.1 Å². The largest absolute Gasteiger partial charge is 0.463 e. The number of esters is 2. The van der Waals surface area contributed by atoms with Crippen LogP contribution in [-0.4, -0.2) is 30.3 Å². The van der Waals surface area contributed by atoms with Gasteiger partial charge in [0.1, 0.15) is 5.82 Å². The smallest absolute Gasteiger partial charge is 0.330 e. The Morgan fingerprint density at radius 2 is 1.38 bits per heavy atom. The second kappa shape index (κ2) is 10.9. The highest BCUT2D eigenvalue weighted by atomic mass is 19.1. The predicted molar refractivity (Wildman–Crippen MR) is 109 cm³/mol. The lowest BCUT2D eigenvalue weighted by Gasteiger charge is -2.12. The first-order chi connectivity index (χ1) is 14.0. The van der Waals surface area contributed by atoms with Crippen molar-refractivity contribution in [2.75, 3.05) is 13.2 Å². The highest BCUT2D eigenvalue weighted by Gasteiger charge is 2.10. The Kier molecular flexibility index (Phi) is 8.30. The molecule has 0 radical (unpaired) electrons. The molecular formula is C23H23FO5. The molecule has 0 unspecified atom stereocenters. The highest BCUT2D eigenvalue weighted by molar-refractivity contribution is 5.90. The Morgan fingerprint density at radius 1 is 0.897 bits per heavy atom. The van der Waals surface area contributed by atoms with Crippen molar-refractivity contribution in [1.29, 1.82) is 0 Å². The molecule has 29 heavy (non-hydrogen) atoms. The van der Waals surface area contributed by atoms with Crippen LogP contribution in [0.1, 0.15) is 30.5 Å². The van der Waals surface area contributed by atoms with Crippen LogP contribution in [0.4, 0.5) is 4.39 Å². The molecule has 0 atom stereocenters. The molecule has 5 nitrogen and oxygen atoms in total. The van der Waals surface area contributed by atoms with Crippen molar-refractivity contribution < 1.29 is 28.6 Å². The zero-order chi connectivity index (χ0) is 21.2. The van der Waals surface area contributed by atoms with Gasteiger partial charge in [0, 0.05) is 12.2 Å². The third-order valence-corrected chi connectivity index (χ3v) is 4.03. The van der Waals surface area contributed by atoms with Crippen LogP contribution in [0.3, 0.4) is 0 Å². The lowest BCUT2D eigenvalue weighted by Crippen LogP contribution is -2.01. The summed E-state index contributed by atoms with van der Waals surface area (Å²) in [6, 6.07) is 9.49. The molecule has 0 saturated carbocycles. The second-order valence-corrected chi connectivity index (χ2v) is 5.97. The maximum Gasteiger partial charge on any atom is 0.330 e. The summed E-state index contributed by atoms with van der Waals surface area (Å²) in [7, 11) is 0. The number of carbonyl (C=O) groups excluding carboxylic acids is 2. The van der Waals surface area contributed by atoms with Crippen LogP contribution in [0.25, 0.3) is 23.3 Å². The third kappa shape index (κ3) is 6.40. The van der Waals surface area contributed by atoms with Gasteiger partial charge in [-0.05, 0) is 78.1 Å². The zero-order valence-electron chi connectivity index (χ0n) is 16.4. The molecule has 0 amide bonds. The average Bonchev–Trinajstić information content (AvgIpc) is 2.71. The summed E-state index contributed by atoms with van der Waals surface area (Å²) in [5, 5.41) is 9.88. The molecular weight excluding hydrogens is 375 g/mol. The van der Waals surface area contributed by atoms with Gasteiger partial charge in [0.05, 0.1) is 19.8 Å². The first-order valence-electron chi connectivity index (χ1n) is 9.21. The number of hydrogen-bond donors (Lipinski definition) is 1. The zero-order valence-corrected chi connectivity index (χ0v) is 16.4. The fraction of sp³-hybridized carbons (Fsp3) is 0.217. The minimum absolute atomic E-state index is 0.249. The van der Waals surface area contributed by atoms with E-state index in [0.29, 0.717) is 16.7 Å². The molecule has 0 aromatic heterocycles. The molecule has 152 valence electrons. The molecule has 2 rings (SSSR count). The number of halogens is 1. The van der Waals surface area contributed by atoms with Crippen LogP contribution in [-0.2, 0) is 25.7 Å². The van der Waals surface area contributed by atoms with E-state index >= 15 is 0 Å². The van der Waals surface area contributed by atoms with Gasteiger partial charge in [-0.2, -0.15) is 0 Å². The van der Waals surface area contributed by atoms with Crippen LogP contribution in [0.5, 0.6) is 0 Å². The van der Waals surface area contributed by atoms with Gasteiger partial charge in [-0.25, -0.2) is 14.0 Å². The molecule has 0 fully saturated rings. The quantitative estimate of drug-likeness (QED) is 0.535. The van der Waals surface area contributed by atoms with Crippen LogP contribution in [0, 0.1) is 5.82 Å². The lowest BCUT2D eigenvalue weighted by atomic mass is 9.94. The second-order valence-electron chi connectivity index (χ2n) is 5.97. The van der Waals surface area contributed by atoms with Crippen LogP contribution >= 0.6 is 0 Å². The van der Waals surface area contributed by atoms with E-state index in [4.69, 9.17) is 9.47 Å². The van der Waals surface area contributed by atoms with Gasteiger partial charge in [-0.3, -0.25) is 0 Å². The number of ether oxygens (including phenoxy) is 2. The summed E-state index contributed by atoms with van der Waals surface area (Å²) in [5.74, 6) is -1.37. The first kappa shape index (κ1) is 22.0. The molecule has 1 N–H and O–H groups in total. The van der Waals surface area contributed by atoms with Crippen LogP contribution < -0.4 is 0 Å². The number of aliphatic hydroxyl groups is 1. The summed E-state index contributed by atoms with van der Waals surface area (Å²) in [6.07, 6.45) is 5.62. The van der Waals surface area contributed by atoms with Gasteiger partial charge in [-0.1, -0.05) is 12.1 Å². The van der Waals surface area contributed by atoms with Gasteiger partial charge < -0.3 is 14.6 Å². The standard InChI is InChI=1S/C23H23FO5/c1-3-28-22(26)11-7-17-13-19(16-5-9-20(24)10-6-16)14-18(21(17)15-25)8-12-23(27)29-4-2/h5-14,25H,3-4,15H2,1-2H3/b11-7+,12-8+. The lowest BCUT2D eigenvalue weighted by molar-refractivity contribution is -0.138. The van der Waals surface area contributed by atoms with Gasteiger partial charge in [0.15, 0.2) is 0 Å². The van der Waals surface area contributed by atoms with Crippen LogP contribution in [0.15, 0.2) is 48.6 Å². The Balaban J connectivity index is 2.55. The van der Waals surface area contributed by atoms with Gasteiger partial charge in [0.2, 0.25) is 0 Å². The Labute approximate surface area is 169 Å². The van der Waals surface area contributed by atoms with Gasteiger partial charge in [0.25, 0.3) is 0 Å². The van der Waals surface area contributed by atoms with E-state index in [1.54, 1.807) is 38.1 Å². The maximum absolute atomic E-state index is 13.3. The summed E-state index contributed by atoms with van der Waals surface area (Å²) in [5.41, 5.74) is 3.15. The summed E-state index contributed by atoms with van der Waals surface area (Å²) < 4.78 is 23.1. The Hall–Kier alpha value is -3.25. The molecule has 0 aliphatic heterocycles. The highest BCUT2D eigenvalue weighted by Crippen LogP contribution is 2.28. The van der Waals surface area contributed by atoms with Crippen molar-refractivity contribution in [2.45, 2.75) is 20.5 Å². The average molecular weight is 398 g/mol. The number of hydrogen-bond acceptors (Lipinski definition) is 5. The Morgan fingerprint density at radius 3 is 1.79 bits per heavy atom. The molecule has 0 heterocycles. The summed E-state index contributed by atoms with van der Waals surface area (Å²) in [6.45, 7) is 3.60. The van der Waals surface area contributed by atoms with Crippen molar-refractivity contribution in [3.05, 3.63) is 71.1 Å². The first-order valence-corrected chi connectivity index (χ1v) is 9.21. The molecule has 2 aromatic carbocycles. The molecule has 0 aliphatic rings. The van der Waals surface area contributed by atoms with E-state index in [9.17, 15) is 19.1 Å².